The number of nitrogens with zero attached hydrogens (tertiary/aromatic N) is 2. The molecule has 1 heterocycles. The van der Waals surface area contributed by atoms with Crippen molar-refractivity contribution < 1.29 is 4.90 Å². The van der Waals surface area contributed by atoms with E-state index in [0.29, 0.717) is 17.9 Å². The van der Waals surface area contributed by atoms with Crippen LogP contribution in [0.25, 0.3) is 5.69 Å². The van der Waals surface area contributed by atoms with Gasteiger partial charge in [-0.15, -0.1) is 0 Å². The molecule has 0 aliphatic carbocycles. The van der Waals surface area contributed by atoms with Crippen LogP contribution in [0, 0.1) is 0 Å². The van der Waals surface area contributed by atoms with Crippen LogP contribution in [0.5, 0.6) is 0 Å². The molecule has 0 amide bonds. The third kappa shape index (κ3) is 4.12. The lowest BCUT2D eigenvalue weighted by atomic mass is 10.1. The van der Waals surface area contributed by atoms with Gasteiger partial charge in [-0.05, 0) is 17.7 Å². The smallest absolute Gasteiger partial charge is 0.292 e. The number of nitrogens with one attached hydrogen (secondary N) is 2. The molecular weight excluding hydrogens is 348 g/mol. The highest BCUT2D eigenvalue weighted by Gasteiger charge is 2.11. The lowest BCUT2D eigenvalue weighted by Gasteiger charge is -2.14. The van der Waals surface area contributed by atoms with Crippen LogP contribution in [-0.4, -0.2) is 23.9 Å². The van der Waals surface area contributed by atoms with Gasteiger partial charge in [0.2, 0.25) is 0 Å². The highest BCUT2D eigenvalue weighted by Crippen LogP contribution is 2.18. The van der Waals surface area contributed by atoms with Crippen molar-refractivity contribution in [2.24, 2.45) is 0 Å². The van der Waals surface area contributed by atoms with E-state index < -0.39 is 0 Å². The predicted molar refractivity (Wildman–Crippen MR) is 105 cm³/mol. The van der Waals surface area contributed by atoms with Gasteiger partial charge in [-0.2, -0.15) is 9.78 Å². The largest absolute Gasteiger partial charge is 0.378 e. The van der Waals surface area contributed by atoms with Gasteiger partial charge in [-0.3, -0.25) is 4.79 Å². The average molecular weight is 370 g/mol. The highest BCUT2D eigenvalue weighted by atomic mass is 35.5. The van der Waals surface area contributed by atoms with E-state index in [-0.39, 0.29) is 10.6 Å². The van der Waals surface area contributed by atoms with Gasteiger partial charge in [-0.1, -0.05) is 54.1 Å². The fraction of sp³-hybridized carbons (Fsp3) is 0.200. The van der Waals surface area contributed by atoms with Gasteiger partial charge in [0.1, 0.15) is 11.6 Å². The van der Waals surface area contributed by atoms with E-state index >= 15 is 0 Å². The Morgan fingerprint density at radius 3 is 2.38 bits per heavy atom. The van der Waals surface area contributed by atoms with E-state index in [9.17, 15) is 4.79 Å². The molecule has 2 aromatic carbocycles. The first-order valence-corrected chi connectivity index (χ1v) is 8.87. The van der Waals surface area contributed by atoms with Gasteiger partial charge < -0.3 is 10.2 Å². The molecule has 0 fully saturated rings. The first-order chi connectivity index (χ1) is 12.6. The number of aromatic nitrogens is 2. The molecule has 0 bridgehead atoms. The molecule has 3 aromatic rings. The lowest BCUT2D eigenvalue weighted by molar-refractivity contribution is -0.872. The van der Waals surface area contributed by atoms with Crippen LogP contribution < -0.4 is 15.8 Å². The number of quaternary nitrogens is 1. The van der Waals surface area contributed by atoms with Crippen LogP contribution >= 0.6 is 11.6 Å². The third-order valence-corrected chi connectivity index (χ3v) is 4.42. The van der Waals surface area contributed by atoms with Gasteiger partial charge >= 0.3 is 0 Å². The van der Waals surface area contributed by atoms with Crippen molar-refractivity contribution in [1.82, 2.24) is 9.78 Å². The lowest BCUT2D eigenvalue weighted by Crippen LogP contribution is -3.04. The summed E-state index contributed by atoms with van der Waals surface area (Å²) in [7, 11) is 4.24. The first-order valence-electron chi connectivity index (χ1n) is 8.49. The standard InChI is InChI=1S/C20H21ClN4O/c1-24(2)14-16-9-7-6-8-15(16)12-22-18-13-23-25(20(26)19(18)21)17-10-4-3-5-11-17/h3-11,13,22H,12,14H2,1-2H3/p+1. The molecule has 0 saturated heterocycles. The summed E-state index contributed by atoms with van der Waals surface area (Å²) in [5, 5.41) is 7.63. The van der Waals surface area contributed by atoms with Crippen LogP contribution in [0.15, 0.2) is 65.6 Å². The fourth-order valence-electron chi connectivity index (χ4n) is 2.78. The maximum Gasteiger partial charge on any atom is 0.292 e. The fourth-order valence-corrected chi connectivity index (χ4v) is 2.98. The Balaban J connectivity index is 1.82. The molecule has 5 nitrogen and oxygen atoms in total. The Labute approximate surface area is 157 Å². The van der Waals surface area contributed by atoms with Crippen LogP contribution in [-0.2, 0) is 13.1 Å². The summed E-state index contributed by atoms with van der Waals surface area (Å²) in [6.45, 7) is 1.51. The van der Waals surface area contributed by atoms with Crippen LogP contribution in [0.3, 0.4) is 0 Å². The van der Waals surface area contributed by atoms with Gasteiger partial charge in [0.15, 0.2) is 0 Å². The Hall–Kier alpha value is -2.63. The number of rotatable bonds is 6. The zero-order valence-corrected chi connectivity index (χ0v) is 15.6. The Morgan fingerprint density at radius 2 is 1.69 bits per heavy atom. The van der Waals surface area contributed by atoms with Crippen LogP contribution in [0.4, 0.5) is 5.69 Å². The molecule has 6 heteroatoms. The summed E-state index contributed by atoms with van der Waals surface area (Å²) in [4.78, 5) is 13.9. The van der Waals surface area contributed by atoms with Gasteiger partial charge in [0.05, 0.1) is 31.7 Å². The number of hydrogen-bond acceptors (Lipinski definition) is 3. The summed E-state index contributed by atoms with van der Waals surface area (Å²) in [6.07, 6.45) is 1.59. The minimum absolute atomic E-state index is 0.138. The zero-order valence-electron chi connectivity index (χ0n) is 14.9. The van der Waals surface area contributed by atoms with E-state index in [1.807, 2.05) is 42.5 Å². The van der Waals surface area contributed by atoms with Crippen molar-refractivity contribution in [3.8, 4) is 5.69 Å². The maximum atomic E-state index is 12.5. The average Bonchev–Trinajstić information content (AvgIpc) is 2.64. The second-order valence-corrected chi connectivity index (χ2v) is 6.81. The predicted octanol–water partition coefficient (Wildman–Crippen LogP) is 2.14. The second kappa shape index (κ2) is 8.17. The molecule has 0 unspecified atom stereocenters. The Morgan fingerprint density at radius 1 is 1.04 bits per heavy atom. The topological polar surface area (TPSA) is 51.4 Å². The molecule has 1 aromatic heterocycles. The first kappa shape index (κ1) is 18.2. The van der Waals surface area contributed by atoms with E-state index in [1.165, 1.54) is 20.7 Å². The van der Waals surface area contributed by atoms with Crippen molar-refractivity contribution in [2.45, 2.75) is 13.1 Å². The third-order valence-electron chi connectivity index (χ3n) is 4.05. The van der Waals surface area contributed by atoms with Gasteiger partial charge in [0.25, 0.3) is 5.56 Å². The number of anilines is 1. The van der Waals surface area contributed by atoms with Gasteiger partial charge in [-0.25, -0.2) is 0 Å². The number of para-hydroxylation sites is 1. The number of halogens is 1. The normalized spacial score (nSPS) is 10.9. The summed E-state index contributed by atoms with van der Waals surface area (Å²) in [6, 6.07) is 17.5. The molecule has 0 radical (unpaired) electrons. The number of benzene rings is 2. The maximum absolute atomic E-state index is 12.5. The second-order valence-electron chi connectivity index (χ2n) is 6.43. The van der Waals surface area contributed by atoms with Gasteiger partial charge in [0, 0.05) is 12.1 Å². The molecule has 0 saturated carbocycles. The monoisotopic (exact) mass is 369 g/mol. The molecule has 0 atom stereocenters. The van der Waals surface area contributed by atoms with Crippen LogP contribution in [0.1, 0.15) is 11.1 Å². The van der Waals surface area contributed by atoms with Crippen molar-refractivity contribution in [1.29, 1.82) is 0 Å². The molecule has 2 N–H and O–H groups in total. The summed E-state index contributed by atoms with van der Waals surface area (Å²) >= 11 is 6.30. The SMILES string of the molecule is C[NH+](C)Cc1ccccc1CNc1cnn(-c2ccccc2)c(=O)c1Cl. The molecule has 0 aliphatic heterocycles. The van der Waals surface area contributed by atoms with E-state index in [4.69, 9.17) is 11.6 Å². The van der Waals surface area contributed by atoms with E-state index in [2.05, 4.69) is 36.6 Å². The zero-order chi connectivity index (χ0) is 18.5. The minimum Gasteiger partial charge on any atom is -0.378 e. The van der Waals surface area contributed by atoms with E-state index in [0.717, 1.165) is 6.54 Å². The molecule has 0 aliphatic rings. The Bertz CT molecular complexity index is 938. The van der Waals surface area contributed by atoms with Crippen LogP contribution in [0.2, 0.25) is 5.02 Å². The Kier molecular flexibility index (Phi) is 5.71. The summed E-state index contributed by atoms with van der Waals surface area (Å²) < 4.78 is 1.30. The van der Waals surface area contributed by atoms with Crippen molar-refractivity contribution in [3.05, 3.63) is 87.3 Å². The molecular formula is C20H22ClN4O+. The quantitative estimate of drug-likeness (QED) is 0.700. The highest BCUT2D eigenvalue weighted by molar-refractivity contribution is 6.32. The minimum atomic E-state index is -0.339. The summed E-state index contributed by atoms with van der Waals surface area (Å²) in [5.41, 5.74) is 3.33. The molecule has 3 rings (SSSR count). The van der Waals surface area contributed by atoms with E-state index in [1.54, 1.807) is 6.20 Å². The van der Waals surface area contributed by atoms with Crippen molar-refractivity contribution in [2.75, 3.05) is 19.4 Å². The van der Waals surface area contributed by atoms with Crippen molar-refractivity contribution >= 4 is 17.3 Å². The molecule has 26 heavy (non-hydrogen) atoms. The summed E-state index contributed by atoms with van der Waals surface area (Å²) in [5.74, 6) is 0. The number of hydrogen-bond donors (Lipinski definition) is 2. The molecule has 134 valence electrons. The van der Waals surface area contributed by atoms with Crippen molar-refractivity contribution in [3.63, 3.8) is 0 Å². The molecule has 0 spiro atoms.